The zero-order valence-corrected chi connectivity index (χ0v) is 21.6. The largest absolute Gasteiger partial charge is 0.457 e. The van der Waals surface area contributed by atoms with Gasteiger partial charge in [0, 0.05) is 59.9 Å². The number of aryl methyl sites for hydroxylation is 1. The molecule has 0 bridgehead atoms. The van der Waals surface area contributed by atoms with Gasteiger partial charge in [0.1, 0.15) is 18.0 Å². The molecule has 1 aromatic heterocycles. The van der Waals surface area contributed by atoms with Crippen LogP contribution in [-0.2, 0) is 0 Å². The van der Waals surface area contributed by atoms with Crippen LogP contribution < -0.4 is 15.4 Å². The molecular weight excluding hydrogens is 450 g/mol. The van der Waals surface area contributed by atoms with Gasteiger partial charge in [-0.2, -0.15) is 0 Å². The highest BCUT2D eigenvalue weighted by molar-refractivity contribution is 6.01. The topological polar surface area (TPSA) is 87.1 Å². The van der Waals surface area contributed by atoms with Crippen LogP contribution in [0, 0.1) is 12.3 Å². The lowest BCUT2D eigenvalue weighted by Crippen LogP contribution is -2.38. The van der Waals surface area contributed by atoms with Crippen LogP contribution in [-0.4, -0.2) is 59.9 Å². The van der Waals surface area contributed by atoms with Gasteiger partial charge in [-0.05, 0) is 56.7 Å². The number of aromatic nitrogens is 1. The Morgan fingerprint density at radius 1 is 1.11 bits per heavy atom. The van der Waals surface area contributed by atoms with Crippen molar-refractivity contribution in [3.8, 4) is 22.8 Å². The van der Waals surface area contributed by atoms with Crippen molar-refractivity contribution in [1.29, 1.82) is 5.41 Å². The molecule has 2 saturated heterocycles. The van der Waals surface area contributed by atoms with E-state index in [1.807, 2.05) is 62.5 Å². The van der Waals surface area contributed by atoms with Crippen molar-refractivity contribution >= 4 is 17.3 Å². The number of likely N-dealkylation sites (N-methyl/N-ethyl adjacent to an activating group) is 1. The van der Waals surface area contributed by atoms with Crippen LogP contribution in [0.1, 0.15) is 41.8 Å². The summed E-state index contributed by atoms with van der Waals surface area (Å²) >= 11 is 0. The number of quaternary nitrogens is 1. The molecule has 186 valence electrons. The molecule has 5 rings (SSSR count). The van der Waals surface area contributed by atoms with E-state index in [2.05, 4.69) is 29.6 Å². The van der Waals surface area contributed by atoms with Crippen molar-refractivity contribution in [2.45, 2.75) is 45.3 Å². The number of rotatable bonds is 7. The van der Waals surface area contributed by atoms with E-state index in [0.717, 1.165) is 45.5 Å². The normalized spacial score (nSPS) is 24.1. The molecule has 0 spiro atoms. The molecule has 1 unspecified atom stereocenters. The fourth-order valence-electron chi connectivity index (χ4n) is 5.53. The van der Waals surface area contributed by atoms with Gasteiger partial charge in [0.2, 0.25) is 0 Å². The van der Waals surface area contributed by atoms with E-state index >= 15 is 0 Å². The van der Waals surface area contributed by atoms with Gasteiger partial charge < -0.3 is 25.3 Å². The number of carbonyl (C=O) groups is 1. The molecule has 7 heteroatoms. The smallest absolute Gasteiger partial charge is 0.251 e. The quantitative estimate of drug-likeness (QED) is 0.250. The second-order valence-corrected chi connectivity index (χ2v) is 10.4. The summed E-state index contributed by atoms with van der Waals surface area (Å²) in [5.74, 6) is 1.35. The molecule has 2 fully saturated rings. The van der Waals surface area contributed by atoms with E-state index in [1.165, 1.54) is 0 Å². The van der Waals surface area contributed by atoms with Crippen molar-refractivity contribution in [1.82, 2.24) is 10.3 Å². The van der Waals surface area contributed by atoms with Gasteiger partial charge in [-0.3, -0.25) is 9.78 Å². The third-order valence-corrected chi connectivity index (χ3v) is 7.99. The van der Waals surface area contributed by atoms with E-state index < -0.39 is 0 Å². The highest BCUT2D eigenvalue weighted by Crippen LogP contribution is 2.43. The first-order valence-corrected chi connectivity index (χ1v) is 12.5. The number of carbonyl (C=O) groups excluding carboxylic acids is 1. The Hall–Kier alpha value is -3.71. The standard InChI is InChI=1S/C29H33N5O2/c1-17-12-20(6-8-23(17)29(35)33-27-13-18(2)34(5)16-28(27)34)25-14-22(10-11-32-25)36-21-7-9-24(19(3)30)26(15-21)31-4/h6-12,14-15,18,27-28H,13,16H2,1-5H3,(H2-,30,31,33,35)/p+1/t18-,27-,28-,34?/m1/s1. The molecule has 1 amide bonds. The summed E-state index contributed by atoms with van der Waals surface area (Å²) < 4.78 is 7.19. The maximum absolute atomic E-state index is 13.0. The lowest BCUT2D eigenvalue weighted by Gasteiger charge is -2.15. The fourth-order valence-corrected chi connectivity index (χ4v) is 5.53. The Bertz CT molecular complexity index is 1350. The third-order valence-electron chi connectivity index (χ3n) is 7.99. The van der Waals surface area contributed by atoms with E-state index in [1.54, 1.807) is 13.1 Å². The maximum atomic E-state index is 13.0. The number of nitrogens with zero attached hydrogens (tertiary/aromatic N) is 2. The van der Waals surface area contributed by atoms with Gasteiger partial charge in [0.05, 0.1) is 24.8 Å². The summed E-state index contributed by atoms with van der Waals surface area (Å²) in [6, 6.07) is 16.6. The number of amides is 1. The van der Waals surface area contributed by atoms with Gasteiger partial charge in [0.25, 0.3) is 5.91 Å². The molecule has 2 aliphatic rings. The van der Waals surface area contributed by atoms with Crippen molar-refractivity contribution in [2.75, 3.05) is 26.0 Å². The van der Waals surface area contributed by atoms with Crippen molar-refractivity contribution in [3.05, 3.63) is 71.4 Å². The summed E-state index contributed by atoms with van der Waals surface area (Å²) in [6.07, 6.45) is 2.77. The predicted molar refractivity (Wildman–Crippen MR) is 143 cm³/mol. The first-order chi connectivity index (χ1) is 17.2. The summed E-state index contributed by atoms with van der Waals surface area (Å²) in [5, 5.41) is 14.3. The van der Waals surface area contributed by atoms with Crippen LogP contribution in [0.25, 0.3) is 11.3 Å². The minimum Gasteiger partial charge on any atom is -0.457 e. The Kier molecular flexibility index (Phi) is 6.04. The summed E-state index contributed by atoms with van der Waals surface area (Å²) in [5.41, 5.74) is 5.52. The van der Waals surface area contributed by atoms with Crippen molar-refractivity contribution in [2.24, 2.45) is 0 Å². The number of ether oxygens (including phenoxy) is 1. The Balaban J connectivity index is 1.31. The van der Waals surface area contributed by atoms with Crippen LogP contribution in [0.3, 0.4) is 0 Å². The van der Waals surface area contributed by atoms with Gasteiger partial charge in [0.15, 0.2) is 6.04 Å². The second-order valence-electron chi connectivity index (χ2n) is 10.4. The van der Waals surface area contributed by atoms with Gasteiger partial charge in [-0.25, -0.2) is 0 Å². The van der Waals surface area contributed by atoms with Crippen molar-refractivity contribution < 1.29 is 14.0 Å². The van der Waals surface area contributed by atoms with Crippen LogP contribution in [0.2, 0.25) is 0 Å². The molecule has 2 aromatic carbocycles. The average molecular weight is 485 g/mol. The number of hydrogen-bond acceptors (Lipinski definition) is 5. The molecule has 0 aliphatic carbocycles. The SMILES string of the molecule is CNc1cc(Oc2ccnc(-c3ccc(C(=O)N[C@@H]4C[C@@H](C)[N+]5(C)C[C@H]45)c(C)c3)c2)ccc1C(C)=N. The number of hydrogen-bond donors (Lipinski definition) is 3. The van der Waals surface area contributed by atoms with Crippen LogP contribution in [0.5, 0.6) is 11.5 Å². The van der Waals surface area contributed by atoms with Gasteiger partial charge >= 0.3 is 0 Å². The average Bonchev–Trinajstić information content (AvgIpc) is 3.50. The van der Waals surface area contributed by atoms with E-state index in [4.69, 9.17) is 10.1 Å². The van der Waals surface area contributed by atoms with Gasteiger partial charge in [-0.15, -0.1) is 0 Å². The minimum absolute atomic E-state index is 0.00517. The number of nitrogens with one attached hydrogen (secondary N) is 3. The summed E-state index contributed by atoms with van der Waals surface area (Å²) in [4.78, 5) is 17.6. The molecule has 3 N–H and O–H groups in total. The summed E-state index contributed by atoms with van der Waals surface area (Å²) in [7, 11) is 4.12. The molecular formula is C29H34N5O2+. The minimum atomic E-state index is 0.00517. The van der Waals surface area contributed by atoms with Crippen LogP contribution in [0.4, 0.5) is 5.69 Å². The number of fused-ring (bicyclic) bond motifs is 1. The molecule has 3 heterocycles. The Morgan fingerprint density at radius 2 is 1.86 bits per heavy atom. The highest BCUT2D eigenvalue weighted by Gasteiger charge is 2.65. The van der Waals surface area contributed by atoms with E-state index in [-0.39, 0.29) is 11.9 Å². The molecule has 36 heavy (non-hydrogen) atoms. The molecule has 0 saturated carbocycles. The third kappa shape index (κ3) is 4.35. The van der Waals surface area contributed by atoms with E-state index in [0.29, 0.717) is 34.9 Å². The molecule has 3 aromatic rings. The zero-order valence-electron chi connectivity index (χ0n) is 21.6. The van der Waals surface area contributed by atoms with Crippen LogP contribution in [0.15, 0.2) is 54.7 Å². The zero-order chi connectivity index (χ0) is 25.6. The number of anilines is 1. The Morgan fingerprint density at radius 3 is 2.50 bits per heavy atom. The number of pyridine rings is 1. The van der Waals surface area contributed by atoms with Crippen molar-refractivity contribution in [3.63, 3.8) is 0 Å². The van der Waals surface area contributed by atoms with Crippen LogP contribution >= 0.6 is 0 Å². The summed E-state index contributed by atoms with van der Waals surface area (Å²) in [6.45, 7) is 7.18. The fraction of sp³-hybridized carbons (Fsp3) is 0.345. The molecule has 4 atom stereocenters. The molecule has 0 radical (unpaired) electrons. The predicted octanol–water partition coefficient (Wildman–Crippen LogP) is 5.00. The second kappa shape index (κ2) is 9.06. The first kappa shape index (κ1) is 24.0. The van der Waals surface area contributed by atoms with Gasteiger partial charge in [-0.1, -0.05) is 6.07 Å². The molecule has 7 nitrogen and oxygen atoms in total. The number of piperidine rings is 1. The monoisotopic (exact) mass is 484 g/mol. The first-order valence-electron chi connectivity index (χ1n) is 12.5. The molecule has 2 aliphatic heterocycles. The highest BCUT2D eigenvalue weighted by atomic mass is 16.5. The number of benzene rings is 2. The maximum Gasteiger partial charge on any atom is 0.251 e. The lowest BCUT2D eigenvalue weighted by atomic mass is 10.0. The Labute approximate surface area is 212 Å². The van der Waals surface area contributed by atoms with E-state index in [9.17, 15) is 4.79 Å². The lowest BCUT2D eigenvalue weighted by molar-refractivity contribution is -0.806.